The third-order valence-electron chi connectivity index (χ3n) is 1.05. The first kappa shape index (κ1) is 15.9. The molecule has 0 amide bonds. The van der Waals surface area contributed by atoms with Crippen LogP contribution in [0.15, 0.2) is 0 Å². The maximum atomic E-state index is 10.2. The van der Waals surface area contributed by atoms with Crippen LogP contribution in [0.25, 0.3) is 0 Å². The maximum absolute atomic E-state index is 10.2. The number of carboxylic acids is 2. The van der Waals surface area contributed by atoms with Crippen molar-refractivity contribution in [1.29, 1.82) is 0 Å². The predicted molar refractivity (Wildman–Crippen MR) is 43.5 cm³/mol. The number of carbonyl (C=O) groups is 2. The van der Waals surface area contributed by atoms with Crippen molar-refractivity contribution in [2.24, 2.45) is 0 Å². The van der Waals surface area contributed by atoms with E-state index in [-0.39, 0.29) is 18.9 Å². The molecule has 2 atom stereocenters. The molecule has 0 radical (unpaired) electrons. The molecule has 0 aromatic heterocycles. The summed E-state index contributed by atoms with van der Waals surface area (Å²) in [5.41, 5.74) is 0. The van der Waals surface area contributed by atoms with Gasteiger partial charge in [-0.2, -0.15) is 0 Å². The molecule has 2 unspecified atom stereocenters. The fourth-order valence-electron chi connectivity index (χ4n) is 0.528. The molecule has 0 aliphatic heterocycles. The molecule has 76 valence electrons. The molecule has 0 saturated carbocycles. The Bertz CT molecular complexity index is 208. The Kier molecular flexibility index (Phi) is 7.76. The second kappa shape index (κ2) is 6.83. The van der Waals surface area contributed by atoms with Crippen LogP contribution in [-0.2, 0) is 14.2 Å². The SMILES string of the molecule is O=C(O)C(O)C(OB(O)O)C(=O)O.[LiH]. The molecule has 0 bridgehead atoms. The molecule has 0 spiro atoms. The normalized spacial score (nSPS) is 13.6. The molecule has 0 aliphatic carbocycles. The van der Waals surface area contributed by atoms with Crippen molar-refractivity contribution in [2.75, 3.05) is 0 Å². The molecule has 0 heterocycles. The van der Waals surface area contributed by atoms with Crippen LogP contribution in [0.3, 0.4) is 0 Å². The fourth-order valence-corrected chi connectivity index (χ4v) is 0.528. The van der Waals surface area contributed by atoms with Gasteiger partial charge in [0, 0.05) is 0 Å². The molecule has 0 aromatic rings. The van der Waals surface area contributed by atoms with Gasteiger partial charge in [0.1, 0.15) is 0 Å². The van der Waals surface area contributed by atoms with Gasteiger partial charge in [0.2, 0.25) is 0 Å². The average Bonchev–Trinajstić information content (AvgIpc) is 1.97. The van der Waals surface area contributed by atoms with Gasteiger partial charge in [0.05, 0.1) is 0 Å². The quantitative estimate of drug-likeness (QED) is 0.285. The number of aliphatic carboxylic acids is 2. The molecular weight excluding hydrogens is 194 g/mol. The van der Waals surface area contributed by atoms with Gasteiger partial charge in [0.15, 0.2) is 12.2 Å². The minimum atomic E-state index is -2.46. The number of aliphatic hydroxyl groups excluding tert-OH is 1. The molecule has 8 nitrogen and oxygen atoms in total. The summed E-state index contributed by atoms with van der Waals surface area (Å²) >= 11 is 0. The second-order valence-corrected chi connectivity index (χ2v) is 2.00. The van der Waals surface area contributed by atoms with Gasteiger partial charge in [-0.05, 0) is 0 Å². The first-order valence-corrected chi connectivity index (χ1v) is 3.01. The van der Waals surface area contributed by atoms with E-state index in [1.807, 2.05) is 0 Å². The van der Waals surface area contributed by atoms with E-state index in [0.717, 1.165) is 0 Å². The Morgan fingerprint density at radius 2 is 1.57 bits per heavy atom. The molecule has 14 heavy (non-hydrogen) atoms. The number of aliphatic hydroxyl groups is 1. The third-order valence-corrected chi connectivity index (χ3v) is 1.05. The van der Waals surface area contributed by atoms with Crippen LogP contribution in [0, 0.1) is 0 Å². The van der Waals surface area contributed by atoms with Crippen molar-refractivity contribution in [3.8, 4) is 0 Å². The van der Waals surface area contributed by atoms with E-state index in [2.05, 4.69) is 4.65 Å². The van der Waals surface area contributed by atoms with E-state index in [9.17, 15) is 9.59 Å². The van der Waals surface area contributed by atoms with E-state index in [1.54, 1.807) is 0 Å². The van der Waals surface area contributed by atoms with Crippen molar-refractivity contribution in [3.05, 3.63) is 0 Å². The first-order valence-electron chi connectivity index (χ1n) is 3.01. The predicted octanol–water partition coefficient (Wildman–Crippen LogP) is -3.78. The van der Waals surface area contributed by atoms with Crippen LogP contribution in [0.1, 0.15) is 0 Å². The van der Waals surface area contributed by atoms with Gasteiger partial charge < -0.3 is 30.0 Å². The third kappa shape index (κ3) is 5.23. The standard InChI is InChI=1S/C4H7BO8.Li.H/c6-1(3(7)8)2(4(9)10)13-5(11)12;;/h1-2,6,11-12H,(H,7,8)(H,9,10);;. The minimum absolute atomic E-state index is 0. The fraction of sp³-hybridized carbons (Fsp3) is 0.500. The van der Waals surface area contributed by atoms with E-state index in [0.29, 0.717) is 0 Å². The van der Waals surface area contributed by atoms with Crippen LogP contribution >= 0.6 is 0 Å². The number of hydrogen-bond donors (Lipinski definition) is 5. The zero-order valence-corrected chi connectivity index (χ0v) is 6.19. The molecule has 0 saturated heterocycles. The van der Waals surface area contributed by atoms with Gasteiger partial charge >= 0.3 is 38.1 Å². The van der Waals surface area contributed by atoms with E-state index in [1.165, 1.54) is 0 Å². The summed E-state index contributed by atoms with van der Waals surface area (Å²) in [6, 6.07) is 0. The number of carboxylic acid groups (broad SMARTS) is 2. The Balaban J connectivity index is 0. The van der Waals surface area contributed by atoms with Crippen molar-refractivity contribution in [2.45, 2.75) is 12.2 Å². The van der Waals surface area contributed by atoms with Gasteiger partial charge in [0.25, 0.3) is 0 Å². The van der Waals surface area contributed by atoms with Crippen LogP contribution < -0.4 is 0 Å². The second-order valence-electron chi connectivity index (χ2n) is 2.00. The summed E-state index contributed by atoms with van der Waals surface area (Å²) in [6.07, 6.45) is -4.59. The molecule has 5 N–H and O–H groups in total. The van der Waals surface area contributed by atoms with Gasteiger partial charge in [-0.1, -0.05) is 0 Å². The average molecular weight is 202 g/mol. The summed E-state index contributed by atoms with van der Waals surface area (Å²) in [5.74, 6) is -3.66. The Labute approximate surface area is 90.5 Å². The van der Waals surface area contributed by atoms with E-state index < -0.39 is 31.5 Å². The van der Waals surface area contributed by atoms with Gasteiger partial charge in [-0.3, -0.25) is 0 Å². The van der Waals surface area contributed by atoms with Gasteiger partial charge in [-0.25, -0.2) is 9.59 Å². The Morgan fingerprint density at radius 3 is 1.79 bits per heavy atom. The summed E-state index contributed by atoms with van der Waals surface area (Å²) in [4.78, 5) is 20.3. The van der Waals surface area contributed by atoms with Crippen LogP contribution in [0.5, 0.6) is 0 Å². The molecule has 0 fully saturated rings. The summed E-state index contributed by atoms with van der Waals surface area (Å²) < 4.78 is 3.82. The van der Waals surface area contributed by atoms with Gasteiger partial charge in [-0.15, -0.1) is 0 Å². The van der Waals surface area contributed by atoms with E-state index >= 15 is 0 Å². The monoisotopic (exact) mass is 202 g/mol. The summed E-state index contributed by atoms with van der Waals surface area (Å²) in [6.45, 7) is 0. The van der Waals surface area contributed by atoms with Crippen molar-refractivity contribution < 1.29 is 39.6 Å². The summed E-state index contributed by atoms with van der Waals surface area (Å²) in [7, 11) is -2.46. The van der Waals surface area contributed by atoms with Crippen LogP contribution in [-0.4, -0.2) is 75.7 Å². The number of hydrogen-bond acceptors (Lipinski definition) is 6. The number of rotatable bonds is 5. The van der Waals surface area contributed by atoms with Crippen molar-refractivity contribution in [3.63, 3.8) is 0 Å². The first-order chi connectivity index (χ1) is 5.86. The Hall–Kier alpha value is -0.558. The van der Waals surface area contributed by atoms with E-state index in [4.69, 9.17) is 25.4 Å². The molecule has 0 aromatic carbocycles. The topological polar surface area (TPSA) is 145 Å². The molecular formula is C4H8BLiO8. The Morgan fingerprint density at radius 1 is 1.14 bits per heavy atom. The zero-order chi connectivity index (χ0) is 10.6. The van der Waals surface area contributed by atoms with Crippen molar-refractivity contribution in [1.82, 2.24) is 0 Å². The molecule has 0 aliphatic rings. The van der Waals surface area contributed by atoms with Crippen LogP contribution in [0.2, 0.25) is 0 Å². The zero-order valence-electron chi connectivity index (χ0n) is 6.19. The molecule has 10 heteroatoms. The van der Waals surface area contributed by atoms with Crippen molar-refractivity contribution >= 4 is 38.1 Å². The molecule has 0 rings (SSSR count). The summed E-state index contributed by atoms with van der Waals surface area (Å²) in [5, 5.41) is 41.4. The van der Waals surface area contributed by atoms with Crippen LogP contribution in [0.4, 0.5) is 0 Å².